The van der Waals surface area contributed by atoms with E-state index in [1.807, 2.05) is 0 Å². The zero-order valence-corrected chi connectivity index (χ0v) is 19.7. The van der Waals surface area contributed by atoms with Gasteiger partial charge in [0, 0.05) is 17.2 Å². The van der Waals surface area contributed by atoms with Crippen molar-refractivity contribution < 1.29 is 23.4 Å². The van der Waals surface area contributed by atoms with Crippen LogP contribution in [-0.2, 0) is 6.61 Å². The minimum Gasteiger partial charge on any atom is -0.471 e. The van der Waals surface area contributed by atoms with Gasteiger partial charge < -0.3 is 15.2 Å². The zero-order valence-electron chi connectivity index (χ0n) is 18.9. The Balaban J connectivity index is 1.56. The number of nitrogens with zero attached hydrogens (tertiary/aromatic N) is 2. The minimum absolute atomic E-state index is 0.0751. The highest BCUT2D eigenvalue weighted by Crippen LogP contribution is 2.23. The van der Waals surface area contributed by atoms with Crippen molar-refractivity contribution >= 4 is 17.5 Å². The van der Waals surface area contributed by atoms with Gasteiger partial charge in [0.2, 0.25) is 5.88 Å². The molecule has 1 aliphatic rings. The number of aryl methyl sites for hydroxylation is 1. The molecule has 1 fully saturated rings. The lowest BCUT2D eigenvalue weighted by atomic mass is 9.92. The first kappa shape index (κ1) is 24.8. The molecule has 1 aromatic heterocycles. The second-order valence-corrected chi connectivity index (χ2v) is 8.87. The third-order valence-electron chi connectivity index (χ3n) is 6.04. The summed E-state index contributed by atoms with van der Waals surface area (Å²) in [6, 6.07) is 7.62. The van der Waals surface area contributed by atoms with Crippen molar-refractivity contribution in [1.29, 1.82) is 0 Å². The van der Waals surface area contributed by atoms with Gasteiger partial charge in [0.05, 0.1) is 17.8 Å². The largest absolute Gasteiger partial charge is 0.471 e. The summed E-state index contributed by atoms with van der Waals surface area (Å²) < 4.78 is 33.5. The Morgan fingerprint density at radius 3 is 2.74 bits per heavy atom. The Bertz CT molecular complexity index is 1310. The van der Waals surface area contributed by atoms with E-state index >= 15 is 0 Å². The van der Waals surface area contributed by atoms with Crippen LogP contribution in [0.25, 0.3) is 5.69 Å². The molecule has 0 aliphatic heterocycles. The molecule has 1 unspecified atom stereocenters. The minimum atomic E-state index is -0.791. The molecule has 1 aliphatic carbocycles. The first-order chi connectivity index (χ1) is 16.7. The van der Waals surface area contributed by atoms with E-state index in [2.05, 4.69) is 10.3 Å². The van der Waals surface area contributed by atoms with E-state index in [9.17, 15) is 23.5 Å². The number of ether oxygens (including phenoxy) is 1. The zero-order chi connectivity index (χ0) is 25.1. The molecule has 2 aromatic carbocycles. The summed E-state index contributed by atoms with van der Waals surface area (Å²) in [5, 5.41) is 12.7. The van der Waals surface area contributed by atoms with Gasteiger partial charge in [0.1, 0.15) is 24.6 Å². The Hall–Kier alpha value is -3.30. The number of halogens is 3. The highest BCUT2D eigenvalue weighted by molar-refractivity contribution is 6.31. The van der Waals surface area contributed by atoms with Crippen molar-refractivity contribution in [3.05, 3.63) is 86.4 Å². The van der Waals surface area contributed by atoms with E-state index in [1.54, 1.807) is 25.1 Å². The van der Waals surface area contributed by atoms with Crippen LogP contribution < -0.4 is 15.6 Å². The number of hydrogen-bond acceptors (Lipinski definition) is 5. The van der Waals surface area contributed by atoms with Gasteiger partial charge in [0.15, 0.2) is 5.02 Å². The van der Waals surface area contributed by atoms with Crippen molar-refractivity contribution in [1.82, 2.24) is 14.9 Å². The average Bonchev–Trinajstić information content (AvgIpc) is 2.83. The SMILES string of the molecule is Cc1ccc(C(=O)NC2CCCC[C@@H]2O)cc1-n1cnc(OCc2ccc(F)cc2F)c(Cl)c1=O. The molecule has 2 atom stereocenters. The first-order valence-electron chi connectivity index (χ1n) is 11.2. The van der Waals surface area contributed by atoms with Crippen molar-refractivity contribution in [2.24, 2.45) is 0 Å². The highest BCUT2D eigenvalue weighted by atomic mass is 35.5. The Kier molecular flexibility index (Phi) is 7.47. The highest BCUT2D eigenvalue weighted by Gasteiger charge is 2.25. The third kappa shape index (κ3) is 5.52. The quantitative estimate of drug-likeness (QED) is 0.528. The fraction of sp³-hybridized carbons (Fsp3) is 0.320. The van der Waals surface area contributed by atoms with Crippen LogP contribution in [0.3, 0.4) is 0 Å². The number of carbonyl (C=O) groups excluding carboxylic acids is 1. The summed E-state index contributed by atoms with van der Waals surface area (Å²) in [7, 11) is 0. The van der Waals surface area contributed by atoms with Crippen LogP contribution in [0.15, 0.2) is 47.5 Å². The molecule has 7 nitrogen and oxygen atoms in total. The van der Waals surface area contributed by atoms with Gasteiger partial charge in [-0.1, -0.05) is 30.5 Å². The van der Waals surface area contributed by atoms with Gasteiger partial charge in [-0.2, -0.15) is 0 Å². The van der Waals surface area contributed by atoms with Crippen molar-refractivity contribution in [2.45, 2.75) is 51.4 Å². The van der Waals surface area contributed by atoms with E-state index in [-0.39, 0.29) is 35.0 Å². The second kappa shape index (κ2) is 10.5. The molecule has 1 saturated carbocycles. The number of aromatic nitrogens is 2. The maximum atomic E-state index is 13.8. The molecule has 0 radical (unpaired) electrons. The lowest BCUT2D eigenvalue weighted by Gasteiger charge is -2.28. The Labute approximate surface area is 205 Å². The van der Waals surface area contributed by atoms with E-state index in [4.69, 9.17) is 16.3 Å². The number of amides is 1. The summed E-state index contributed by atoms with van der Waals surface area (Å²) in [5.74, 6) is -2.06. The molecule has 1 heterocycles. The molecule has 10 heteroatoms. The number of hydrogen-bond donors (Lipinski definition) is 2. The third-order valence-corrected chi connectivity index (χ3v) is 6.36. The fourth-order valence-corrected chi connectivity index (χ4v) is 4.21. The van der Waals surface area contributed by atoms with E-state index < -0.39 is 23.3 Å². The van der Waals surface area contributed by atoms with E-state index in [0.717, 1.165) is 25.0 Å². The smallest absolute Gasteiger partial charge is 0.280 e. The van der Waals surface area contributed by atoms with Gasteiger partial charge in [-0.15, -0.1) is 0 Å². The molecule has 0 bridgehead atoms. The number of rotatable bonds is 6. The monoisotopic (exact) mass is 503 g/mol. The number of nitrogens with one attached hydrogen (secondary N) is 1. The van der Waals surface area contributed by atoms with Crippen LogP contribution in [0, 0.1) is 18.6 Å². The summed E-state index contributed by atoms with van der Waals surface area (Å²) in [6.07, 6.45) is 3.83. The standard InChI is InChI=1S/C25H24ClF2N3O4/c1-14-6-7-15(23(33)30-19-4-2-3-5-21(19)32)10-20(14)31-13-29-24(22(26)25(31)34)35-12-16-8-9-17(27)11-18(16)28/h6-11,13,19,21,32H,2-5,12H2,1H3,(H,30,33)/t19?,21-/m0/s1. The topological polar surface area (TPSA) is 93.5 Å². The molecule has 0 spiro atoms. The van der Waals surface area contributed by atoms with Crippen LogP contribution in [0.1, 0.15) is 47.2 Å². The Morgan fingerprint density at radius 1 is 1.23 bits per heavy atom. The lowest BCUT2D eigenvalue weighted by molar-refractivity contribution is 0.0717. The van der Waals surface area contributed by atoms with Crippen LogP contribution in [0.5, 0.6) is 5.88 Å². The molecular formula is C25H24ClF2N3O4. The molecule has 1 amide bonds. The average molecular weight is 504 g/mol. The van der Waals surface area contributed by atoms with Crippen LogP contribution >= 0.6 is 11.6 Å². The summed E-state index contributed by atoms with van der Waals surface area (Å²) >= 11 is 6.20. The summed E-state index contributed by atoms with van der Waals surface area (Å²) in [6.45, 7) is 1.47. The van der Waals surface area contributed by atoms with E-state index in [0.29, 0.717) is 29.7 Å². The first-order valence-corrected chi connectivity index (χ1v) is 11.6. The van der Waals surface area contributed by atoms with Crippen LogP contribution in [0.2, 0.25) is 5.02 Å². The van der Waals surface area contributed by atoms with Crippen LogP contribution in [-0.4, -0.2) is 32.7 Å². The maximum Gasteiger partial charge on any atom is 0.280 e. The van der Waals surface area contributed by atoms with Gasteiger partial charge in [-0.25, -0.2) is 13.8 Å². The molecule has 0 saturated heterocycles. The predicted molar refractivity (Wildman–Crippen MR) is 126 cm³/mol. The van der Waals surface area contributed by atoms with Crippen molar-refractivity contribution in [2.75, 3.05) is 0 Å². The number of benzene rings is 2. The molecule has 35 heavy (non-hydrogen) atoms. The molecule has 184 valence electrons. The predicted octanol–water partition coefficient (Wildman–Crippen LogP) is 4.08. The second-order valence-electron chi connectivity index (χ2n) is 8.50. The fourth-order valence-electron chi connectivity index (χ4n) is 4.02. The maximum absolute atomic E-state index is 13.8. The van der Waals surface area contributed by atoms with E-state index in [1.165, 1.54) is 17.0 Å². The van der Waals surface area contributed by atoms with Gasteiger partial charge in [-0.05, 0) is 49.6 Å². The van der Waals surface area contributed by atoms with Crippen molar-refractivity contribution in [3.63, 3.8) is 0 Å². The molecule has 4 rings (SSSR count). The summed E-state index contributed by atoms with van der Waals surface area (Å²) in [5.41, 5.74) is 0.850. The molecule has 2 N–H and O–H groups in total. The molecule has 3 aromatic rings. The van der Waals surface area contributed by atoms with Gasteiger partial charge >= 0.3 is 0 Å². The van der Waals surface area contributed by atoms with Crippen LogP contribution in [0.4, 0.5) is 8.78 Å². The summed E-state index contributed by atoms with van der Waals surface area (Å²) in [4.78, 5) is 29.8. The van der Waals surface area contributed by atoms with Gasteiger partial charge in [-0.3, -0.25) is 14.2 Å². The number of carbonyl (C=O) groups is 1. The number of aliphatic hydroxyl groups is 1. The van der Waals surface area contributed by atoms with Gasteiger partial charge in [0.25, 0.3) is 11.5 Å². The molecular weight excluding hydrogens is 480 g/mol. The Morgan fingerprint density at radius 2 is 2.00 bits per heavy atom. The number of aliphatic hydroxyl groups excluding tert-OH is 1. The lowest BCUT2D eigenvalue weighted by Crippen LogP contribution is -2.45. The normalized spacial score (nSPS) is 17.7. The van der Waals surface area contributed by atoms with Crippen molar-refractivity contribution in [3.8, 4) is 11.6 Å².